The van der Waals surface area contributed by atoms with E-state index in [0.29, 0.717) is 23.1 Å². The topological polar surface area (TPSA) is 55.2 Å². The highest BCUT2D eigenvalue weighted by atomic mass is 32.2. The van der Waals surface area contributed by atoms with Gasteiger partial charge in [-0.2, -0.15) is 0 Å². The molecule has 1 fully saturated rings. The van der Waals surface area contributed by atoms with E-state index in [2.05, 4.69) is 26.1 Å². The third-order valence-corrected chi connectivity index (χ3v) is 5.84. The van der Waals surface area contributed by atoms with Crippen molar-refractivity contribution in [3.63, 3.8) is 0 Å². The monoisotopic (exact) mass is 308 g/mol. The number of benzene rings is 1. The number of rotatable bonds is 5. The summed E-state index contributed by atoms with van der Waals surface area (Å²) in [6, 6.07) is 7.51. The maximum atomic E-state index is 11.2. The lowest BCUT2D eigenvalue weighted by molar-refractivity contribution is -0.387. The summed E-state index contributed by atoms with van der Waals surface area (Å²) in [5, 5.41) is 15.1. The van der Waals surface area contributed by atoms with E-state index in [4.69, 9.17) is 0 Å². The van der Waals surface area contributed by atoms with Gasteiger partial charge in [0.2, 0.25) is 0 Å². The van der Waals surface area contributed by atoms with Gasteiger partial charge in [0, 0.05) is 17.4 Å². The molecular weight excluding hydrogens is 284 g/mol. The highest BCUT2D eigenvalue weighted by molar-refractivity contribution is 8.00. The molecule has 4 unspecified atom stereocenters. The van der Waals surface area contributed by atoms with Crippen LogP contribution in [0.4, 0.5) is 5.69 Å². The molecule has 1 aliphatic rings. The first-order valence-corrected chi connectivity index (χ1v) is 8.54. The van der Waals surface area contributed by atoms with Gasteiger partial charge in [0.1, 0.15) is 0 Å². The number of thioether (sulfide) groups is 1. The molecule has 1 aliphatic carbocycles. The van der Waals surface area contributed by atoms with Gasteiger partial charge < -0.3 is 5.32 Å². The van der Waals surface area contributed by atoms with E-state index in [1.54, 1.807) is 23.9 Å². The van der Waals surface area contributed by atoms with Crippen molar-refractivity contribution in [3.05, 3.63) is 34.4 Å². The first kappa shape index (κ1) is 16.3. The van der Waals surface area contributed by atoms with E-state index >= 15 is 0 Å². The Bertz CT molecular complexity index is 495. The Morgan fingerprint density at radius 2 is 2.05 bits per heavy atom. The number of hydrogen-bond donors (Lipinski definition) is 1. The van der Waals surface area contributed by atoms with Gasteiger partial charge in [-0.05, 0) is 37.3 Å². The quantitative estimate of drug-likeness (QED) is 0.657. The van der Waals surface area contributed by atoms with Gasteiger partial charge >= 0.3 is 0 Å². The minimum Gasteiger partial charge on any atom is -0.313 e. The SMILES string of the molecule is CCNC1CC(C)CC(C)C1Sc1ccccc1[N+](=O)[O-]. The largest absolute Gasteiger partial charge is 0.313 e. The number of nitrogens with one attached hydrogen (secondary N) is 1. The third kappa shape index (κ3) is 3.98. The molecule has 1 saturated carbocycles. The molecule has 1 aromatic carbocycles. The summed E-state index contributed by atoms with van der Waals surface area (Å²) in [4.78, 5) is 11.7. The number of nitro groups is 1. The van der Waals surface area contributed by atoms with Crippen LogP contribution in [0.5, 0.6) is 0 Å². The van der Waals surface area contributed by atoms with Gasteiger partial charge in [0.05, 0.1) is 9.82 Å². The molecule has 0 heterocycles. The van der Waals surface area contributed by atoms with Gasteiger partial charge in [0.25, 0.3) is 5.69 Å². The van der Waals surface area contributed by atoms with Crippen LogP contribution in [0, 0.1) is 22.0 Å². The molecule has 0 amide bonds. The van der Waals surface area contributed by atoms with Crippen LogP contribution in [0.1, 0.15) is 33.6 Å². The maximum Gasteiger partial charge on any atom is 0.282 e. The highest BCUT2D eigenvalue weighted by Crippen LogP contribution is 2.42. The highest BCUT2D eigenvalue weighted by Gasteiger charge is 2.35. The second kappa shape index (κ2) is 7.27. The predicted octanol–water partition coefficient (Wildman–Crippen LogP) is 4.10. The van der Waals surface area contributed by atoms with Crippen molar-refractivity contribution >= 4 is 17.4 Å². The molecule has 2 rings (SSSR count). The van der Waals surface area contributed by atoms with Gasteiger partial charge in [-0.15, -0.1) is 11.8 Å². The standard InChI is InChI=1S/C16H24N2O2S/c1-4-17-13-10-11(2)9-12(3)16(13)21-15-8-6-5-7-14(15)18(19)20/h5-8,11-13,16-17H,4,9-10H2,1-3H3. The van der Waals surface area contributed by atoms with Crippen LogP contribution < -0.4 is 5.32 Å². The summed E-state index contributed by atoms with van der Waals surface area (Å²) in [6.45, 7) is 7.63. The van der Waals surface area contributed by atoms with Crippen LogP contribution in [0.2, 0.25) is 0 Å². The van der Waals surface area contributed by atoms with E-state index in [-0.39, 0.29) is 10.6 Å². The van der Waals surface area contributed by atoms with Gasteiger partial charge in [-0.1, -0.05) is 32.9 Å². The first-order chi connectivity index (χ1) is 10.0. The fourth-order valence-electron chi connectivity index (χ4n) is 3.34. The third-order valence-electron chi connectivity index (χ3n) is 4.18. The normalized spacial score (nSPS) is 29.3. The Labute approximate surface area is 130 Å². The summed E-state index contributed by atoms with van der Waals surface area (Å²) in [6.07, 6.45) is 2.34. The zero-order valence-electron chi connectivity index (χ0n) is 12.9. The lowest BCUT2D eigenvalue weighted by Crippen LogP contribution is -2.46. The minimum atomic E-state index is -0.277. The van der Waals surface area contributed by atoms with Crippen molar-refractivity contribution in [1.29, 1.82) is 0 Å². The Kier molecular flexibility index (Phi) is 5.65. The van der Waals surface area contributed by atoms with Crippen LogP contribution in [-0.4, -0.2) is 22.8 Å². The Hall–Kier alpha value is -1.07. The molecule has 1 N–H and O–H groups in total. The summed E-state index contributed by atoms with van der Waals surface area (Å²) in [5.74, 6) is 1.27. The van der Waals surface area contributed by atoms with E-state index in [0.717, 1.165) is 17.9 Å². The molecule has 5 heteroatoms. The van der Waals surface area contributed by atoms with Crippen molar-refractivity contribution < 1.29 is 4.92 Å². The second-order valence-electron chi connectivity index (χ2n) is 6.03. The molecule has 4 nitrogen and oxygen atoms in total. The maximum absolute atomic E-state index is 11.2. The lowest BCUT2D eigenvalue weighted by atomic mass is 9.80. The summed E-state index contributed by atoms with van der Waals surface area (Å²) in [5.41, 5.74) is 0.226. The van der Waals surface area contributed by atoms with Crippen LogP contribution in [0.15, 0.2) is 29.2 Å². The van der Waals surface area contributed by atoms with Gasteiger partial charge in [-0.3, -0.25) is 10.1 Å². The van der Waals surface area contributed by atoms with Crippen LogP contribution in [-0.2, 0) is 0 Å². The average molecular weight is 308 g/mol. The first-order valence-electron chi connectivity index (χ1n) is 7.66. The van der Waals surface area contributed by atoms with Crippen molar-refractivity contribution in [3.8, 4) is 0 Å². The van der Waals surface area contributed by atoms with Crippen molar-refractivity contribution in [1.82, 2.24) is 5.32 Å². The van der Waals surface area contributed by atoms with Crippen molar-refractivity contribution in [2.45, 2.75) is 49.8 Å². The Balaban J connectivity index is 2.21. The zero-order valence-corrected chi connectivity index (χ0v) is 13.7. The average Bonchev–Trinajstić information content (AvgIpc) is 2.43. The van der Waals surface area contributed by atoms with Gasteiger partial charge in [-0.25, -0.2) is 0 Å². The molecule has 0 spiro atoms. The molecule has 0 radical (unpaired) electrons. The molecule has 21 heavy (non-hydrogen) atoms. The fourth-order valence-corrected chi connectivity index (χ4v) is 4.77. The summed E-state index contributed by atoms with van der Waals surface area (Å²) >= 11 is 1.67. The van der Waals surface area contributed by atoms with Crippen LogP contribution in [0.3, 0.4) is 0 Å². The molecule has 4 atom stereocenters. The number of hydrogen-bond acceptors (Lipinski definition) is 4. The van der Waals surface area contributed by atoms with Crippen LogP contribution in [0.25, 0.3) is 0 Å². The Morgan fingerprint density at radius 3 is 2.71 bits per heavy atom. The minimum absolute atomic E-state index is 0.226. The van der Waals surface area contributed by atoms with E-state index in [1.165, 1.54) is 6.42 Å². The molecule has 0 bridgehead atoms. The molecule has 0 aromatic heterocycles. The lowest BCUT2D eigenvalue weighted by Gasteiger charge is -2.39. The number of nitrogens with zero attached hydrogens (tertiary/aromatic N) is 1. The van der Waals surface area contributed by atoms with Crippen molar-refractivity contribution in [2.24, 2.45) is 11.8 Å². The smallest absolute Gasteiger partial charge is 0.282 e. The van der Waals surface area contributed by atoms with E-state index in [1.807, 2.05) is 12.1 Å². The van der Waals surface area contributed by atoms with E-state index < -0.39 is 0 Å². The number of para-hydroxylation sites is 1. The molecule has 116 valence electrons. The molecule has 0 saturated heterocycles. The Morgan fingerprint density at radius 1 is 1.33 bits per heavy atom. The molecular formula is C16H24N2O2S. The molecule has 0 aliphatic heterocycles. The van der Waals surface area contributed by atoms with Crippen LogP contribution >= 0.6 is 11.8 Å². The number of nitro benzene ring substituents is 1. The predicted molar refractivity (Wildman–Crippen MR) is 87.8 cm³/mol. The van der Waals surface area contributed by atoms with Gasteiger partial charge in [0.15, 0.2) is 0 Å². The summed E-state index contributed by atoms with van der Waals surface area (Å²) < 4.78 is 0. The van der Waals surface area contributed by atoms with Crippen molar-refractivity contribution in [2.75, 3.05) is 6.54 Å². The van der Waals surface area contributed by atoms with E-state index in [9.17, 15) is 10.1 Å². The molecule has 1 aromatic rings. The zero-order chi connectivity index (χ0) is 15.4. The second-order valence-corrected chi connectivity index (χ2v) is 7.25. The fraction of sp³-hybridized carbons (Fsp3) is 0.625. The summed E-state index contributed by atoms with van der Waals surface area (Å²) in [7, 11) is 0.